The van der Waals surface area contributed by atoms with Crippen molar-refractivity contribution in [3.8, 4) is 17.3 Å². The number of anilines is 1. The molecule has 0 aliphatic carbocycles. The predicted octanol–water partition coefficient (Wildman–Crippen LogP) is 4.00. The smallest absolute Gasteiger partial charge is 0.276 e. The molecule has 5 aromatic rings. The molecule has 168 valence electrons. The molecule has 2 aromatic carbocycles. The molecule has 0 bridgehead atoms. The van der Waals surface area contributed by atoms with E-state index in [1.807, 2.05) is 6.07 Å². The quantitative estimate of drug-likeness (QED) is 0.413. The van der Waals surface area contributed by atoms with Crippen LogP contribution >= 0.6 is 0 Å². The summed E-state index contributed by atoms with van der Waals surface area (Å²) in [6.07, 6.45) is 3.16. The predicted molar refractivity (Wildman–Crippen MR) is 123 cm³/mol. The number of nitrogens with zero attached hydrogens (tertiary/aromatic N) is 4. The number of fused-ring (bicyclic) bond motifs is 1. The molecule has 10 heteroatoms. The van der Waals surface area contributed by atoms with Gasteiger partial charge in [-0.05, 0) is 67.1 Å². The Kier molecular flexibility index (Phi) is 5.30. The number of amides is 1. The van der Waals surface area contributed by atoms with Crippen LogP contribution in [0.4, 0.5) is 10.1 Å². The minimum atomic E-state index is -0.494. The molecular formula is C24H17FN6O3. The van der Waals surface area contributed by atoms with Gasteiger partial charge >= 0.3 is 0 Å². The van der Waals surface area contributed by atoms with Gasteiger partial charge in [0.05, 0.1) is 11.1 Å². The van der Waals surface area contributed by atoms with Crippen LogP contribution in [-0.4, -0.2) is 30.6 Å². The summed E-state index contributed by atoms with van der Waals surface area (Å²) in [5.74, 6) is 0.00247. The van der Waals surface area contributed by atoms with E-state index in [0.29, 0.717) is 34.2 Å². The third kappa shape index (κ3) is 4.11. The van der Waals surface area contributed by atoms with Gasteiger partial charge in [-0.2, -0.15) is 9.78 Å². The van der Waals surface area contributed by atoms with Crippen LogP contribution in [0.2, 0.25) is 0 Å². The molecule has 0 atom stereocenters. The average molecular weight is 456 g/mol. The van der Waals surface area contributed by atoms with Gasteiger partial charge in [-0.15, -0.1) is 0 Å². The van der Waals surface area contributed by atoms with E-state index in [1.165, 1.54) is 36.7 Å². The summed E-state index contributed by atoms with van der Waals surface area (Å²) in [7, 11) is 0. The maximum atomic E-state index is 13.2. The Morgan fingerprint density at radius 3 is 2.59 bits per heavy atom. The van der Waals surface area contributed by atoms with E-state index in [-0.39, 0.29) is 5.69 Å². The van der Waals surface area contributed by atoms with Crippen LogP contribution in [0.15, 0.2) is 78.0 Å². The van der Waals surface area contributed by atoms with Crippen molar-refractivity contribution in [1.29, 1.82) is 0 Å². The fraction of sp³-hybridized carbons (Fsp3) is 0.0417. The van der Waals surface area contributed by atoms with Gasteiger partial charge in [-0.25, -0.2) is 14.4 Å². The molecule has 3 heterocycles. The van der Waals surface area contributed by atoms with Crippen LogP contribution in [0.5, 0.6) is 11.6 Å². The highest BCUT2D eigenvalue weighted by Gasteiger charge is 2.15. The molecule has 0 radical (unpaired) electrons. The minimum Gasteiger partial charge on any atom is -0.438 e. The zero-order chi connectivity index (χ0) is 23.7. The van der Waals surface area contributed by atoms with E-state index in [2.05, 4.69) is 25.4 Å². The van der Waals surface area contributed by atoms with Crippen molar-refractivity contribution in [1.82, 2.24) is 24.7 Å². The van der Waals surface area contributed by atoms with Gasteiger partial charge in [-0.1, -0.05) is 0 Å². The van der Waals surface area contributed by atoms with E-state index < -0.39 is 17.3 Å². The molecule has 0 aliphatic rings. The van der Waals surface area contributed by atoms with E-state index in [4.69, 9.17) is 4.74 Å². The monoisotopic (exact) mass is 456 g/mol. The van der Waals surface area contributed by atoms with Gasteiger partial charge < -0.3 is 15.0 Å². The van der Waals surface area contributed by atoms with Crippen molar-refractivity contribution < 1.29 is 13.9 Å². The number of carbonyl (C=O) groups is 1. The topological polar surface area (TPSA) is 115 Å². The van der Waals surface area contributed by atoms with Crippen LogP contribution in [0.3, 0.4) is 0 Å². The highest BCUT2D eigenvalue weighted by Crippen LogP contribution is 2.27. The SMILES string of the molecule is Cc1cc(=O)n(-c2ccc(F)cc2)nc1C(=O)Nc1ccc(Oc2ncnc3[nH]ccc23)cc1. The lowest BCUT2D eigenvalue weighted by atomic mass is 10.2. The molecule has 9 nitrogen and oxygen atoms in total. The first kappa shape index (κ1) is 21.0. The van der Waals surface area contributed by atoms with E-state index in [9.17, 15) is 14.0 Å². The van der Waals surface area contributed by atoms with Crippen LogP contribution < -0.4 is 15.6 Å². The third-order valence-electron chi connectivity index (χ3n) is 5.05. The van der Waals surface area contributed by atoms with Gasteiger partial charge in [0.1, 0.15) is 23.5 Å². The second-order valence-corrected chi connectivity index (χ2v) is 7.40. The van der Waals surface area contributed by atoms with E-state index in [0.717, 1.165) is 10.1 Å². The van der Waals surface area contributed by atoms with Crippen LogP contribution in [0, 0.1) is 12.7 Å². The van der Waals surface area contributed by atoms with Crippen molar-refractivity contribution in [2.75, 3.05) is 5.32 Å². The van der Waals surface area contributed by atoms with Gasteiger partial charge in [0, 0.05) is 18.0 Å². The lowest BCUT2D eigenvalue weighted by Gasteiger charge is -2.11. The van der Waals surface area contributed by atoms with Gasteiger partial charge in [-0.3, -0.25) is 9.59 Å². The number of H-pyrrole nitrogens is 1. The standard InChI is InChI=1S/C24H17FN6O3/c1-14-12-20(32)31(17-6-2-15(25)3-7-17)30-21(14)23(33)29-16-4-8-18(9-5-16)34-24-19-10-11-26-22(19)27-13-28-24/h2-13H,1H3,(H,29,33)(H,26,27,28). The molecule has 0 aliphatic heterocycles. The van der Waals surface area contributed by atoms with Crippen LogP contribution in [-0.2, 0) is 0 Å². The molecule has 0 saturated heterocycles. The van der Waals surface area contributed by atoms with Gasteiger partial charge in [0.15, 0.2) is 5.69 Å². The normalized spacial score (nSPS) is 10.9. The van der Waals surface area contributed by atoms with Crippen LogP contribution in [0.1, 0.15) is 16.1 Å². The third-order valence-corrected chi connectivity index (χ3v) is 5.05. The fourth-order valence-corrected chi connectivity index (χ4v) is 3.37. The molecule has 0 spiro atoms. The average Bonchev–Trinajstić information content (AvgIpc) is 3.31. The number of halogens is 1. The van der Waals surface area contributed by atoms with Crippen molar-refractivity contribution in [3.05, 3.63) is 101 Å². The Bertz CT molecular complexity index is 1560. The number of nitrogens with one attached hydrogen (secondary N) is 2. The van der Waals surface area contributed by atoms with Crippen molar-refractivity contribution in [2.45, 2.75) is 6.92 Å². The molecule has 0 unspecified atom stereocenters. The molecule has 0 fully saturated rings. The van der Waals surface area contributed by atoms with E-state index in [1.54, 1.807) is 37.4 Å². The minimum absolute atomic E-state index is 0.0695. The van der Waals surface area contributed by atoms with Crippen molar-refractivity contribution in [3.63, 3.8) is 0 Å². The summed E-state index contributed by atoms with van der Waals surface area (Å²) >= 11 is 0. The molecule has 0 saturated carbocycles. The number of ether oxygens (including phenoxy) is 1. The summed E-state index contributed by atoms with van der Waals surface area (Å²) in [4.78, 5) is 36.5. The molecule has 34 heavy (non-hydrogen) atoms. The first-order valence-electron chi connectivity index (χ1n) is 10.2. The lowest BCUT2D eigenvalue weighted by Crippen LogP contribution is -2.26. The number of carbonyl (C=O) groups excluding carboxylic acids is 1. The van der Waals surface area contributed by atoms with Crippen molar-refractivity contribution >= 4 is 22.6 Å². The Morgan fingerprint density at radius 2 is 1.82 bits per heavy atom. The number of hydrogen-bond donors (Lipinski definition) is 2. The summed E-state index contributed by atoms with van der Waals surface area (Å²) in [5, 5.41) is 7.70. The maximum Gasteiger partial charge on any atom is 0.276 e. The largest absolute Gasteiger partial charge is 0.438 e. The van der Waals surface area contributed by atoms with Crippen LogP contribution in [0.25, 0.3) is 16.7 Å². The summed E-state index contributed by atoms with van der Waals surface area (Å²) in [5.41, 5.74) is 1.58. The highest BCUT2D eigenvalue weighted by atomic mass is 19.1. The Hall–Kier alpha value is -4.86. The summed E-state index contributed by atoms with van der Waals surface area (Å²) in [6, 6.07) is 15.1. The molecule has 1 amide bonds. The first-order valence-corrected chi connectivity index (χ1v) is 10.2. The zero-order valence-corrected chi connectivity index (χ0v) is 17.8. The Morgan fingerprint density at radius 1 is 1.06 bits per heavy atom. The molecule has 2 N–H and O–H groups in total. The first-order chi connectivity index (χ1) is 16.5. The highest BCUT2D eigenvalue weighted by molar-refractivity contribution is 6.03. The molecular weight excluding hydrogens is 439 g/mol. The molecule has 5 rings (SSSR count). The summed E-state index contributed by atoms with van der Waals surface area (Å²) in [6.45, 7) is 1.62. The fourth-order valence-electron chi connectivity index (χ4n) is 3.37. The van der Waals surface area contributed by atoms with Gasteiger partial charge in [0.25, 0.3) is 11.5 Å². The van der Waals surface area contributed by atoms with E-state index >= 15 is 0 Å². The van der Waals surface area contributed by atoms with Gasteiger partial charge in [0.2, 0.25) is 5.88 Å². The van der Waals surface area contributed by atoms with Crippen molar-refractivity contribution in [2.24, 2.45) is 0 Å². The molecule has 3 aromatic heterocycles. The number of rotatable bonds is 5. The number of aromatic amines is 1. The Balaban J connectivity index is 1.35. The summed E-state index contributed by atoms with van der Waals surface area (Å²) < 4.78 is 20.1. The second-order valence-electron chi connectivity index (χ2n) is 7.40. The zero-order valence-electron chi connectivity index (χ0n) is 17.8. The number of aromatic nitrogens is 5. The Labute approximate surface area is 191 Å². The second kappa shape index (κ2) is 8.58. The lowest BCUT2D eigenvalue weighted by molar-refractivity contribution is 0.102. The maximum absolute atomic E-state index is 13.2. The number of hydrogen-bond acceptors (Lipinski definition) is 6. The number of benzene rings is 2. The number of aryl methyl sites for hydroxylation is 1.